The van der Waals surface area contributed by atoms with Gasteiger partial charge in [-0.1, -0.05) is 0 Å². The molecule has 0 N–H and O–H groups in total. The van der Waals surface area contributed by atoms with Crippen molar-refractivity contribution in [1.82, 2.24) is 0 Å². The third-order valence-electron chi connectivity index (χ3n) is 1.99. The Morgan fingerprint density at radius 2 is 0.591 bits per heavy atom. The summed E-state index contributed by atoms with van der Waals surface area (Å²) in [5, 5.41) is 0. The molecule has 0 aliphatic carbocycles. The van der Waals surface area contributed by atoms with E-state index < -0.39 is 0 Å². The van der Waals surface area contributed by atoms with Gasteiger partial charge in [0, 0.05) is 0 Å². The van der Waals surface area contributed by atoms with E-state index in [2.05, 4.69) is 66.6 Å². The molecule has 8 heteroatoms. The van der Waals surface area contributed by atoms with Crippen molar-refractivity contribution in [2.45, 2.75) is 0 Å². The Bertz CT molecular complexity index is 176. The van der Waals surface area contributed by atoms with Gasteiger partial charge in [0.2, 0.25) is 0 Å². The molecule has 0 spiro atoms. The van der Waals surface area contributed by atoms with Crippen molar-refractivity contribution in [3.05, 3.63) is 13.3 Å². The number of rotatable bonds is 6. The molecule has 0 aromatic heterocycles. The summed E-state index contributed by atoms with van der Waals surface area (Å²) >= 11 is 0. The molecule has 0 aliphatic rings. The third-order valence-corrected chi connectivity index (χ3v) is 7.17. The molecule has 0 fully saturated rings. The Morgan fingerprint density at radius 1 is 0.500 bits per heavy atom. The second-order valence-electron chi connectivity index (χ2n) is 5.21. The van der Waals surface area contributed by atoms with E-state index in [1.807, 2.05) is 0 Å². The standard InChI is InChI=1S/2C6H16P2.2CO.Na.Nb/c2*1-7(2)5-6-8(3)4;2*1-2;;/h2*5-6H2,1-4H3;;;;/q;;;;+1;-1. The second-order valence-corrected chi connectivity index (χ2v) is 15.6. The van der Waals surface area contributed by atoms with E-state index in [9.17, 15) is 0 Å². The molecule has 0 aromatic carbocycles. The molecule has 126 valence electrons. The van der Waals surface area contributed by atoms with Gasteiger partial charge in [0.25, 0.3) is 0 Å². The van der Waals surface area contributed by atoms with Gasteiger partial charge < -0.3 is 22.4 Å². The Balaban J connectivity index is -0.0000000440. The maximum Gasteiger partial charge on any atom is 1.00 e. The summed E-state index contributed by atoms with van der Waals surface area (Å²) in [4.78, 5) is 0. The molecule has 0 radical (unpaired) electrons. The SMILES string of the molecule is CP(C)CCP(C)C.CP(C)CCP(C)C.[C-]#[O+].[C-]#[O+].[Na+].[Nb-]. The van der Waals surface area contributed by atoms with Crippen molar-refractivity contribution in [1.29, 1.82) is 0 Å². The van der Waals surface area contributed by atoms with E-state index in [0.29, 0.717) is 31.7 Å². The van der Waals surface area contributed by atoms with Gasteiger partial charge in [-0.25, -0.2) is 0 Å². The second kappa shape index (κ2) is 35.1. The minimum absolute atomic E-state index is 0. The van der Waals surface area contributed by atoms with Gasteiger partial charge >= 0.3 is 52.2 Å². The molecule has 0 unspecified atom stereocenters. The third kappa shape index (κ3) is 65.9. The van der Waals surface area contributed by atoms with Crippen LogP contribution in [0.15, 0.2) is 0 Å². The Kier molecular flexibility index (Phi) is 63.6. The maximum atomic E-state index is 7.50. The molecule has 0 saturated carbocycles. The number of hydrogen-bond acceptors (Lipinski definition) is 0. The summed E-state index contributed by atoms with van der Waals surface area (Å²) < 4.78 is 15.0. The molecule has 22 heavy (non-hydrogen) atoms. The average Bonchev–Trinajstić information content (AvgIpc) is 2.39. The van der Waals surface area contributed by atoms with Gasteiger partial charge in [-0.2, -0.15) is 0 Å². The van der Waals surface area contributed by atoms with Gasteiger partial charge in [-0.15, -0.1) is 31.7 Å². The molecule has 0 rings (SSSR count). The van der Waals surface area contributed by atoms with E-state index in [1.54, 1.807) is 0 Å². The summed E-state index contributed by atoms with van der Waals surface area (Å²) in [6.07, 6.45) is 5.92. The first-order valence-corrected chi connectivity index (χ1v) is 15.9. The first-order chi connectivity index (χ1) is 9.25. The monoisotopic (exact) mass is 472 g/mol. The predicted octanol–water partition coefficient (Wildman–Crippen LogP) is 1.87. The molecular formula is C14H32NaNbO2P4. The van der Waals surface area contributed by atoms with Crippen molar-refractivity contribution >= 4 is 31.7 Å². The van der Waals surface area contributed by atoms with Crippen LogP contribution in [0.25, 0.3) is 0 Å². The predicted molar refractivity (Wildman–Crippen MR) is 102 cm³/mol. The fraction of sp³-hybridized carbons (Fsp3) is 0.857. The molecule has 0 bridgehead atoms. The first-order valence-electron chi connectivity index (χ1n) is 6.25. The molecule has 0 aliphatic heterocycles. The molecule has 0 saturated heterocycles. The van der Waals surface area contributed by atoms with E-state index in [4.69, 9.17) is 9.30 Å². The van der Waals surface area contributed by atoms with Crippen LogP contribution < -0.4 is 29.6 Å². The zero-order chi connectivity index (χ0) is 17.1. The van der Waals surface area contributed by atoms with Crippen molar-refractivity contribution in [3.8, 4) is 0 Å². The van der Waals surface area contributed by atoms with Crippen LogP contribution in [0.5, 0.6) is 0 Å². The van der Waals surface area contributed by atoms with Crippen LogP contribution in [-0.4, -0.2) is 78.0 Å². The minimum Gasteiger partial charge on any atom is -1.00 e. The summed E-state index contributed by atoms with van der Waals surface area (Å²) in [7, 11) is 1.53. The quantitative estimate of drug-likeness (QED) is 0.245. The first kappa shape index (κ1) is 39.8. The van der Waals surface area contributed by atoms with Crippen LogP contribution in [0.3, 0.4) is 0 Å². The van der Waals surface area contributed by atoms with Gasteiger partial charge in [0.05, 0.1) is 0 Å². The van der Waals surface area contributed by atoms with Gasteiger partial charge in [-0.05, 0) is 78.0 Å². The zero-order valence-corrected chi connectivity index (χ0v) is 23.7. The summed E-state index contributed by atoms with van der Waals surface area (Å²) in [5.74, 6) is 0. The van der Waals surface area contributed by atoms with Crippen LogP contribution in [0.4, 0.5) is 0 Å². The number of hydrogen-bond donors (Lipinski definition) is 0. The van der Waals surface area contributed by atoms with Crippen molar-refractivity contribution in [2.24, 2.45) is 0 Å². The van der Waals surface area contributed by atoms with E-state index in [0.717, 1.165) is 0 Å². The molecule has 2 nitrogen and oxygen atoms in total. The molecular weight excluding hydrogens is 440 g/mol. The van der Waals surface area contributed by atoms with E-state index in [1.165, 1.54) is 24.6 Å². The van der Waals surface area contributed by atoms with Crippen LogP contribution in [0.2, 0.25) is 0 Å². The molecule has 0 amide bonds. The summed E-state index contributed by atoms with van der Waals surface area (Å²) in [6, 6.07) is 0. The van der Waals surface area contributed by atoms with Gasteiger partial charge in [0.15, 0.2) is 0 Å². The smallest absolute Gasteiger partial charge is 1.00 e. The van der Waals surface area contributed by atoms with Crippen molar-refractivity contribution < 1.29 is 61.2 Å². The molecule has 0 aromatic rings. The Morgan fingerprint density at radius 3 is 0.636 bits per heavy atom. The normalized spacial score (nSPS) is 8.36. The van der Waals surface area contributed by atoms with Gasteiger partial charge in [0.1, 0.15) is 0 Å². The van der Waals surface area contributed by atoms with Crippen LogP contribution in [0.1, 0.15) is 0 Å². The zero-order valence-electron chi connectivity index (χ0n) is 15.9. The Labute approximate surface area is 182 Å². The fourth-order valence-electron chi connectivity index (χ4n) is 0.800. The summed E-state index contributed by atoms with van der Waals surface area (Å²) in [6.45, 7) is 27.8. The van der Waals surface area contributed by atoms with Crippen molar-refractivity contribution in [2.75, 3.05) is 78.0 Å². The van der Waals surface area contributed by atoms with Crippen molar-refractivity contribution in [3.63, 3.8) is 0 Å². The Hall–Kier alpha value is 2.94. The summed E-state index contributed by atoms with van der Waals surface area (Å²) in [5.41, 5.74) is 0. The fourth-order valence-corrected chi connectivity index (χ4v) is 7.20. The van der Waals surface area contributed by atoms with Gasteiger partial charge in [-0.3, -0.25) is 0 Å². The molecule has 0 atom stereocenters. The van der Waals surface area contributed by atoms with E-state index in [-0.39, 0.29) is 51.9 Å². The van der Waals surface area contributed by atoms with Crippen LogP contribution in [-0.2, 0) is 31.7 Å². The maximum absolute atomic E-state index is 7.50. The van der Waals surface area contributed by atoms with Crippen LogP contribution in [0, 0.1) is 13.3 Å². The molecule has 0 heterocycles. The van der Waals surface area contributed by atoms with E-state index >= 15 is 0 Å². The van der Waals surface area contributed by atoms with Crippen LogP contribution >= 0.6 is 31.7 Å². The minimum atomic E-state index is 0. The average molecular weight is 472 g/mol. The topological polar surface area (TPSA) is 39.8 Å². The largest absolute Gasteiger partial charge is 1.00 e.